The smallest absolute Gasteiger partial charge is 0.352 e. The van der Waals surface area contributed by atoms with Crippen LogP contribution in [-0.4, -0.2) is 54.3 Å². The van der Waals surface area contributed by atoms with Gasteiger partial charge in [-0.2, -0.15) is 9.61 Å². The first kappa shape index (κ1) is 23.0. The molecule has 1 saturated heterocycles. The molecular formula is C24H29FN6O2. The molecule has 1 fully saturated rings. The van der Waals surface area contributed by atoms with Gasteiger partial charge in [0.05, 0.1) is 24.1 Å². The SMILES string of the molecule is C.Cc1cc(Cn2c(=O)n3ncnc3c3cc(CN4C[C@@H](C)O[C@@H](C)C4)cnc32)ccc1F. The van der Waals surface area contributed by atoms with E-state index in [0.717, 1.165) is 36.1 Å². The highest BCUT2D eigenvalue weighted by molar-refractivity contribution is 5.89. The van der Waals surface area contributed by atoms with E-state index in [9.17, 15) is 9.18 Å². The standard InChI is InChI=1S/C23H25FN6O2.CH4/c1-14-6-17(4-5-20(14)24)12-29-21-19(22-26-13-27-30(22)23(29)31)7-18(8-25-21)11-28-9-15(2)32-16(3)10-28;/h4-8,13,15-16H,9-12H2,1-3H3;1H4/t15-,16+;. The first-order valence-corrected chi connectivity index (χ1v) is 10.7. The molecule has 2 atom stereocenters. The Labute approximate surface area is 191 Å². The van der Waals surface area contributed by atoms with Crippen molar-refractivity contribution in [2.45, 2.75) is 53.5 Å². The highest BCUT2D eigenvalue weighted by Crippen LogP contribution is 2.20. The van der Waals surface area contributed by atoms with Gasteiger partial charge in [-0.15, -0.1) is 0 Å². The number of benzene rings is 1. The number of ether oxygens (including phenoxy) is 1. The van der Waals surface area contributed by atoms with Gasteiger partial charge >= 0.3 is 5.69 Å². The zero-order valence-corrected chi connectivity index (χ0v) is 18.3. The third-order valence-corrected chi connectivity index (χ3v) is 5.84. The van der Waals surface area contributed by atoms with Crippen LogP contribution in [0, 0.1) is 12.7 Å². The van der Waals surface area contributed by atoms with Crippen molar-refractivity contribution in [2.75, 3.05) is 13.1 Å². The molecule has 4 aromatic rings. The molecule has 9 heteroatoms. The van der Waals surface area contributed by atoms with E-state index in [-0.39, 0.29) is 37.7 Å². The van der Waals surface area contributed by atoms with E-state index < -0.39 is 0 Å². The Bertz CT molecular complexity index is 1350. The fourth-order valence-corrected chi connectivity index (χ4v) is 4.54. The van der Waals surface area contributed by atoms with Gasteiger partial charge in [0, 0.05) is 25.8 Å². The van der Waals surface area contributed by atoms with Crippen molar-refractivity contribution in [3.8, 4) is 0 Å². The lowest BCUT2D eigenvalue weighted by atomic mass is 10.1. The van der Waals surface area contributed by atoms with Gasteiger partial charge < -0.3 is 4.74 Å². The third kappa shape index (κ3) is 4.38. The van der Waals surface area contributed by atoms with Crippen LogP contribution >= 0.6 is 0 Å². The fraction of sp³-hybridized carbons (Fsp3) is 0.417. The molecule has 0 spiro atoms. The molecule has 0 radical (unpaired) electrons. The lowest BCUT2D eigenvalue weighted by Crippen LogP contribution is -2.44. The lowest BCUT2D eigenvalue weighted by molar-refractivity contribution is -0.0705. The van der Waals surface area contributed by atoms with Gasteiger partial charge in [-0.1, -0.05) is 19.6 Å². The largest absolute Gasteiger partial charge is 0.373 e. The molecule has 33 heavy (non-hydrogen) atoms. The van der Waals surface area contributed by atoms with Gasteiger partial charge in [-0.3, -0.25) is 9.47 Å². The number of morpholine rings is 1. The second-order valence-electron chi connectivity index (χ2n) is 8.61. The van der Waals surface area contributed by atoms with Crippen molar-refractivity contribution >= 4 is 16.7 Å². The van der Waals surface area contributed by atoms with Gasteiger partial charge in [0.2, 0.25) is 0 Å². The average Bonchev–Trinajstić information content (AvgIpc) is 3.23. The number of nitrogens with zero attached hydrogens (tertiary/aromatic N) is 6. The van der Waals surface area contributed by atoms with Crippen LogP contribution in [0.3, 0.4) is 0 Å². The van der Waals surface area contributed by atoms with Gasteiger partial charge in [0.25, 0.3) is 0 Å². The summed E-state index contributed by atoms with van der Waals surface area (Å²) < 4.78 is 22.4. The normalized spacial score (nSPS) is 19.2. The number of aromatic nitrogens is 5. The molecule has 0 N–H and O–H groups in total. The molecule has 5 rings (SSSR count). The van der Waals surface area contributed by atoms with Crippen molar-refractivity contribution in [2.24, 2.45) is 0 Å². The summed E-state index contributed by atoms with van der Waals surface area (Å²) in [6.45, 7) is 8.57. The summed E-state index contributed by atoms with van der Waals surface area (Å²) in [5.41, 5.74) is 3.06. The van der Waals surface area contributed by atoms with Crippen molar-refractivity contribution in [3.63, 3.8) is 0 Å². The van der Waals surface area contributed by atoms with Crippen LogP contribution in [0.25, 0.3) is 16.7 Å². The van der Waals surface area contributed by atoms with Crippen LogP contribution in [0.2, 0.25) is 0 Å². The minimum Gasteiger partial charge on any atom is -0.373 e. The van der Waals surface area contributed by atoms with Crippen molar-refractivity contribution in [1.82, 2.24) is 29.0 Å². The predicted octanol–water partition coefficient (Wildman–Crippen LogP) is 3.18. The Morgan fingerprint density at radius 1 is 1.06 bits per heavy atom. The average molecular weight is 453 g/mol. The molecule has 0 amide bonds. The van der Waals surface area contributed by atoms with Crippen LogP contribution in [-0.2, 0) is 17.8 Å². The minimum absolute atomic E-state index is 0. The highest BCUT2D eigenvalue weighted by atomic mass is 19.1. The number of aryl methyl sites for hydroxylation is 1. The predicted molar refractivity (Wildman–Crippen MR) is 125 cm³/mol. The van der Waals surface area contributed by atoms with Gasteiger partial charge in [0.15, 0.2) is 5.65 Å². The summed E-state index contributed by atoms with van der Waals surface area (Å²) >= 11 is 0. The van der Waals surface area contributed by atoms with Crippen LogP contribution in [0.4, 0.5) is 4.39 Å². The molecule has 3 aromatic heterocycles. The Morgan fingerprint density at radius 3 is 2.55 bits per heavy atom. The molecule has 4 heterocycles. The van der Waals surface area contributed by atoms with Crippen molar-refractivity contribution < 1.29 is 9.13 Å². The molecule has 1 aliphatic rings. The van der Waals surface area contributed by atoms with Crippen LogP contribution in [0.5, 0.6) is 0 Å². The Morgan fingerprint density at radius 2 is 1.82 bits per heavy atom. The van der Waals surface area contributed by atoms with Gasteiger partial charge in [0.1, 0.15) is 17.8 Å². The summed E-state index contributed by atoms with van der Waals surface area (Å²) in [5, 5.41) is 4.88. The Kier molecular flexibility index (Phi) is 6.27. The fourth-order valence-electron chi connectivity index (χ4n) is 4.54. The molecular weight excluding hydrogens is 423 g/mol. The maximum atomic E-state index is 13.7. The van der Waals surface area contributed by atoms with E-state index >= 15 is 0 Å². The van der Waals surface area contributed by atoms with Gasteiger partial charge in [-0.25, -0.2) is 19.2 Å². The van der Waals surface area contributed by atoms with Crippen molar-refractivity contribution in [3.05, 3.63) is 69.8 Å². The van der Waals surface area contributed by atoms with E-state index in [0.29, 0.717) is 16.9 Å². The second-order valence-corrected chi connectivity index (χ2v) is 8.61. The monoisotopic (exact) mass is 452 g/mol. The van der Waals surface area contributed by atoms with E-state index in [2.05, 4.69) is 33.8 Å². The summed E-state index contributed by atoms with van der Waals surface area (Å²) in [7, 11) is 0. The zero-order valence-electron chi connectivity index (χ0n) is 18.3. The van der Waals surface area contributed by atoms with E-state index in [1.807, 2.05) is 12.3 Å². The first-order valence-electron chi connectivity index (χ1n) is 10.7. The molecule has 0 aliphatic carbocycles. The summed E-state index contributed by atoms with van der Waals surface area (Å²) in [4.78, 5) is 24.4. The third-order valence-electron chi connectivity index (χ3n) is 5.84. The van der Waals surface area contributed by atoms with E-state index in [1.165, 1.54) is 16.9 Å². The molecule has 1 aliphatic heterocycles. The first-order chi connectivity index (χ1) is 15.4. The number of pyridine rings is 1. The van der Waals surface area contributed by atoms with Gasteiger partial charge in [-0.05, 0) is 49.6 Å². The molecule has 1 aromatic carbocycles. The van der Waals surface area contributed by atoms with E-state index in [1.54, 1.807) is 23.6 Å². The minimum atomic E-state index is -0.331. The lowest BCUT2D eigenvalue weighted by Gasteiger charge is -2.35. The van der Waals surface area contributed by atoms with Crippen molar-refractivity contribution in [1.29, 1.82) is 0 Å². The number of rotatable bonds is 4. The summed E-state index contributed by atoms with van der Waals surface area (Å²) in [5.74, 6) is -0.271. The molecule has 8 nitrogen and oxygen atoms in total. The van der Waals surface area contributed by atoms with E-state index in [4.69, 9.17) is 4.74 Å². The summed E-state index contributed by atoms with van der Waals surface area (Å²) in [6.07, 6.45) is 3.55. The maximum absolute atomic E-state index is 13.7. The highest BCUT2D eigenvalue weighted by Gasteiger charge is 2.23. The zero-order chi connectivity index (χ0) is 22.4. The Balaban J connectivity index is 0.00000259. The maximum Gasteiger partial charge on any atom is 0.352 e. The summed E-state index contributed by atoms with van der Waals surface area (Å²) in [6, 6.07) is 6.88. The quantitative estimate of drug-likeness (QED) is 0.473. The molecule has 0 saturated carbocycles. The molecule has 174 valence electrons. The number of halogens is 1. The molecule has 0 bridgehead atoms. The topological polar surface area (TPSA) is 77.5 Å². The second kappa shape index (κ2) is 8.99. The Hall–Kier alpha value is -3.17. The number of hydrogen-bond acceptors (Lipinski definition) is 6. The van der Waals surface area contributed by atoms with Crippen LogP contribution in [0.15, 0.2) is 41.6 Å². The number of hydrogen-bond donors (Lipinski definition) is 0. The molecule has 0 unspecified atom stereocenters. The number of fused-ring (bicyclic) bond motifs is 3. The van der Waals surface area contributed by atoms with Crippen LogP contribution in [0.1, 0.15) is 38.0 Å². The van der Waals surface area contributed by atoms with Crippen LogP contribution < -0.4 is 5.69 Å².